The molecule has 0 aromatic carbocycles. The van der Waals surface area contributed by atoms with Gasteiger partial charge < -0.3 is 9.84 Å². The third kappa shape index (κ3) is 4.40. The highest BCUT2D eigenvalue weighted by atomic mass is 32.1. The van der Waals surface area contributed by atoms with Crippen LogP contribution in [0.25, 0.3) is 0 Å². The van der Waals surface area contributed by atoms with Gasteiger partial charge in [-0.3, -0.25) is 4.90 Å². The highest BCUT2D eigenvalue weighted by Gasteiger charge is 2.15. The molecule has 0 amide bonds. The van der Waals surface area contributed by atoms with Crippen molar-refractivity contribution >= 4 is 17.3 Å². The maximum atomic E-state index is 11.4. The van der Waals surface area contributed by atoms with Gasteiger partial charge in [-0.1, -0.05) is 0 Å². The predicted molar refractivity (Wildman–Crippen MR) is 72.9 cm³/mol. The molecule has 0 saturated heterocycles. The number of carbonyl (C=O) groups excluding carboxylic acids is 1. The fourth-order valence-electron chi connectivity index (χ4n) is 1.67. The highest BCUT2D eigenvalue weighted by molar-refractivity contribution is 7.13. The minimum atomic E-state index is -0.354. The minimum absolute atomic E-state index is 0.294. The third-order valence-electron chi connectivity index (χ3n) is 2.64. The molecule has 1 rings (SSSR count). The Morgan fingerprint density at radius 2 is 2.11 bits per heavy atom. The van der Waals surface area contributed by atoms with E-state index in [1.165, 1.54) is 18.4 Å². The molecule has 0 unspecified atom stereocenters. The van der Waals surface area contributed by atoms with Gasteiger partial charge in [0.2, 0.25) is 0 Å². The summed E-state index contributed by atoms with van der Waals surface area (Å²) >= 11 is 1.44. The van der Waals surface area contributed by atoms with E-state index in [9.17, 15) is 9.90 Å². The van der Waals surface area contributed by atoms with E-state index in [2.05, 4.69) is 23.5 Å². The molecule has 5 heteroatoms. The van der Waals surface area contributed by atoms with E-state index in [4.69, 9.17) is 0 Å². The first kappa shape index (κ1) is 15.1. The van der Waals surface area contributed by atoms with Crippen LogP contribution < -0.4 is 0 Å². The molecule has 1 atom stereocenters. The fourth-order valence-corrected chi connectivity index (χ4v) is 2.62. The Kier molecular flexibility index (Phi) is 5.78. The lowest BCUT2D eigenvalue weighted by Crippen LogP contribution is -2.35. The molecule has 0 radical (unpaired) electrons. The Morgan fingerprint density at radius 3 is 2.61 bits per heavy atom. The van der Waals surface area contributed by atoms with E-state index in [1.807, 2.05) is 6.07 Å². The van der Waals surface area contributed by atoms with Crippen molar-refractivity contribution in [2.75, 3.05) is 13.7 Å². The van der Waals surface area contributed by atoms with E-state index in [1.54, 1.807) is 13.0 Å². The Morgan fingerprint density at radius 1 is 1.44 bits per heavy atom. The van der Waals surface area contributed by atoms with Crippen LogP contribution in [-0.4, -0.2) is 41.8 Å². The number of ether oxygens (including phenoxy) is 1. The Balaban J connectivity index is 2.69. The van der Waals surface area contributed by atoms with Crippen molar-refractivity contribution < 1.29 is 14.6 Å². The van der Waals surface area contributed by atoms with E-state index in [0.29, 0.717) is 17.5 Å². The zero-order valence-corrected chi connectivity index (χ0v) is 12.2. The van der Waals surface area contributed by atoms with Gasteiger partial charge >= 0.3 is 5.97 Å². The van der Waals surface area contributed by atoms with Crippen molar-refractivity contribution in [1.29, 1.82) is 0 Å². The second-order valence-electron chi connectivity index (χ2n) is 4.63. The van der Waals surface area contributed by atoms with Gasteiger partial charge in [-0.2, -0.15) is 0 Å². The van der Waals surface area contributed by atoms with Gasteiger partial charge in [0.05, 0.1) is 13.2 Å². The van der Waals surface area contributed by atoms with E-state index in [0.717, 1.165) is 11.4 Å². The largest absolute Gasteiger partial charge is 0.465 e. The van der Waals surface area contributed by atoms with Crippen molar-refractivity contribution in [3.05, 3.63) is 21.9 Å². The summed E-state index contributed by atoms with van der Waals surface area (Å²) in [6.45, 7) is 7.34. The number of carbonyl (C=O) groups is 1. The van der Waals surface area contributed by atoms with Crippen molar-refractivity contribution in [3.63, 3.8) is 0 Å². The molecular weight excluding hydrogens is 250 g/mol. The first-order valence-corrected chi connectivity index (χ1v) is 6.84. The molecule has 0 aliphatic carbocycles. The number of nitrogens with zero attached hydrogens (tertiary/aromatic N) is 1. The second-order valence-corrected chi connectivity index (χ2v) is 5.80. The molecule has 18 heavy (non-hydrogen) atoms. The first-order chi connectivity index (χ1) is 8.43. The van der Waals surface area contributed by atoms with E-state index in [-0.39, 0.29) is 12.1 Å². The third-order valence-corrected chi connectivity index (χ3v) is 3.69. The Bertz CT molecular complexity index is 387. The summed E-state index contributed by atoms with van der Waals surface area (Å²) in [5.41, 5.74) is 0. The Hall–Kier alpha value is -0.910. The normalized spacial score (nSPS) is 13.1. The number of rotatable bonds is 6. The van der Waals surface area contributed by atoms with Gasteiger partial charge in [-0.05, 0) is 32.9 Å². The molecule has 102 valence electrons. The molecule has 0 bridgehead atoms. The number of aliphatic hydroxyl groups is 1. The zero-order valence-electron chi connectivity index (χ0n) is 11.3. The van der Waals surface area contributed by atoms with Crippen LogP contribution in [0.3, 0.4) is 0 Å². The zero-order chi connectivity index (χ0) is 13.7. The standard InChI is InChI=1S/C13H21NO3S/c1-9(2)14(7-10(3)15)8-11-5-6-12(18-11)13(16)17-4/h5-6,9-10,15H,7-8H2,1-4H3/t10-/m1/s1. The summed E-state index contributed by atoms with van der Waals surface area (Å²) in [6, 6.07) is 4.07. The number of aliphatic hydroxyl groups excluding tert-OH is 1. The molecule has 0 fully saturated rings. The van der Waals surface area contributed by atoms with Crippen LogP contribution in [0, 0.1) is 0 Å². The summed E-state index contributed by atoms with van der Waals surface area (Å²) in [5, 5.41) is 9.47. The average molecular weight is 271 g/mol. The SMILES string of the molecule is COC(=O)c1ccc(CN(C[C@@H](C)O)C(C)C)s1. The smallest absolute Gasteiger partial charge is 0.348 e. The van der Waals surface area contributed by atoms with Crippen LogP contribution in [0.2, 0.25) is 0 Å². The summed E-state index contributed by atoms with van der Waals surface area (Å²) in [4.78, 5) is 15.3. The molecule has 0 aliphatic heterocycles. The van der Waals surface area contributed by atoms with Crippen LogP contribution >= 0.6 is 11.3 Å². The van der Waals surface area contributed by atoms with Gasteiger partial charge in [0, 0.05) is 24.0 Å². The van der Waals surface area contributed by atoms with Crippen LogP contribution in [0.15, 0.2) is 12.1 Å². The van der Waals surface area contributed by atoms with E-state index < -0.39 is 0 Å². The lowest BCUT2D eigenvalue weighted by atomic mass is 10.2. The number of methoxy groups -OCH3 is 1. The predicted octanol–water partition coefficient (Wildman–Crippen LogP) is 2.13. The molecule has 0 saturated carbocycles. The van der Waals surface area contributed by atoms with Crippen LogP contribution in [0.4, 0.5) is 0 Å². The molecule has 1 heterocycles. The van der Waals surface area contributed by atoms with Gasteiger partial charge in [-0.15, -0.1) is 11.3 Å². The van der Waals surface area contributed by atoms with Crippen LogP contribution in [0.5, 0.6) is 0 Å². The minimum Gasteiger partial charge on any atom is -0.465 e. The summed E-state index contributed by atoms with van der Waals surface area (Å²) in [6.07, 6.45) is -0.354. The van der Waals surface area contributed by atoms with Crippen molar-refractivity contribution in [3.8, 4) is 0 Å². The molecule has 1 N–H and O–H groups in total. The molecule has 0 aliphatic rings. The molecule has 1 aromatic rings. The number of hydrogen-bond acceptors (Lipinski definition) is 5. The summed E-state index contributed by atoms with van der Waals surface area (Å²) in [7, 11) is 1.38. The van der Waals surface area contributed by atoms with Crippen molar-refractivity contribution in [1.82, 2.24) is 4.90 Å². The number of esters is 1. The monoisotopic (exact) mass is 271 g/mol. The van der Waals surface area contributed by atoms with Crippen molar-refractivity contribution in [2.45, 2.75) is 39.5 Å². The highest BCUT2D eigenvalue weighted by Crippen LogP contribution is 2.20. The number of hydrogen-bond donors (Lipinski definition) is 1. The van der Waals surface area contributed by atoms with Gasteiger partial charge in [0.25, 0.3) is 0 Å². The first-order valence-electron chi connectivity index (χ1n) is 6.03. The van der Waals surface area contributed by atoms with E-state index >= 15 is 0 Å². The number of thiophene rings is 1. The maximum Gasteiger partial charge on any atom is 0.348 e. The van der Waals surface area contributed by atoms with Gasteiger partial charge in [0.15, 0.2) is 0 Å². The molecule has 4 nitrogen and oxygen atoms in total. The molecule has 1 aromatic heterocycles. The maximum absolute atomic E-state index is 11.4. The van der Waals surface area contributed by atoms with Crippen LogP contribution in [-0.2, 0) is 11.3 Å². The Labute approximate surface area is 112 Å². The summed E-state index contributed by atoms with van der Waals surface area (Å²) in [5.74, 6) is -0.294. The quantitative estimate of drug-likeness (QED) is 0.805. The van der Waals surface area contributed by atoms with Crippen molar-refractivity contribution in [2.24, 2.45) is 0 Å². The average Bonchev–Trinajstić information content (AvgIpc) is 2.75. The lowest BCUT2D eigenvalue weighted by Gasteiger charge is -2.27. The molecule has 0 spiro atoms. The summed E-state index contributed by atoms with van der Waals surface area (Å²) < 4.78 is 4.68. The molecular formula is C13H21NO3S. The van der Waals surface area contributed by atoms with Crippen LogP contribution in [0.1, 0.15) is 35.3 Å². The lowest BCUT2D eigenvalue weighted by molar-refractivity contribution is 0.0606. The fraction of sp³-hybridized carbons (Fsp3) is 0.615. The van der Waals surface area contributed by atoms with Gasteiger partial charge in [-0.25, -0.2) is 4.79 Å². The topological polar surface area (TPSA) is 49.8 Å². The second kappa shape index (κ2) is 6.87. The van der Waals surface area contributed by atoms with Gasteiger partial charge in [0.1, 0.15) is 4.88 Å².